The van der Waals surface area contributed by atoms with Gasteiger partial charge in [0.05, 0.1) is 5.50 Å². The highest BCUT2D eigenvalue weighted by molar-refractivity contribution is 6.21. The fourth-order valence-corrected chi connectivity index (χ4v) is 1.24. The first-order chi connectivity index (χ1) is 7.02. The topological polar surface area (TPSA) is 32.3 Å². The number of nitrogens with one attached hydrogen (secondary N) is 1. The summed E-state index contributed by atoms with van der Waals surface area (Å²) < 4.78 is 0. The van der Waals surface area contributed by atoms with Gasteiger partial charge in [0.25, 0.3) is 0 Å². The highest BCUT2D eigenvalue weighted by Gasteiger charge is 2.01. The van der Waals surface area contributed by atoms with Crippen LogP contribution in [0.3, 0.4) is 0 Å². The Bertz CT molecular complexity index is 287. The zero-order valence-electron chi connectivity index (χ0n) is 9.84. The SMILES string of the molecule is CCO.Cc1cccc(NC(C)Cl)c1C. The molecule has 0 aliphatic heterocycles. The lowest BCUT2D eigenvalue weighted by Crippen LogP contribution is -2.08. The number of hydrogen-bond acceptors (Lipinski definition) is 2. The van der Waals surface area contributed by atoms with Crippen LogP contribution in [0.5, 0.6) is 0 Å². The molecule has 0 aromatic heterocycles. The third-order valence-electron chi connectivity index (χ3n) is 1.96. The van der Waals surface area contributed by atoms with Crippen LogP contribution in [-0.4, -0.2) is 17.2 Å². The third kappa shape index (κ3) is 5.65. The number of rotatable bonds is 2. The molecule has 1 unspecified atom stereocenters. The molecule has 0 saturated carbocycles. The van der Waals surface area contributed by atoms with Crippen molar-refractivity contribution in [3.63, 3.8) is 0 Å². The van der Waals surface area contributed by atoms with Crippen molar-refractivity contribution in [2.24, 2.45) is 0 Å². The van der Waals surface area contributed by atoms with E-state index in [9.17, 15) is 0 Å². The van der Waals surface area contributed by atoms with E-state index in [1.807, 2.05) is 19.1 Å². The van der Waals surface area contributed by atoms with Gasteiger partial charge in [0.2, 0.25) is 0 Å². The second-order valence-electron chi connectivity index (χ2n) is 3.32. The van der Waals surface area contributed by atoms with Crippen molar-refractivity contribution >= 4 is 17.3 Å². The molecule has 0 amide bonds. The monoisotopic (exact) mass is 229 g/mol. The van der Waals surface area contributed by atoms with Gasteiger partial charge in [-0.05, 0) is 44.9 Å². The number of benzene rings is 1. The summed E-state index contributed by atoms with van der Waals surface area (Å²) in [5, 5.41) is 10.7. The quantitative estimate of drug-likeness (QED) is 0.603. The Morgan fingerprint density at radius 2 is 1.93 bits per heavy atom. The second kappa shape index (κ2) is 7.55. The van der Waals surface area contributed by atoms with E-state index < -0.39 is 0 Å². The maximum Gasteiger partial charge on any atom is 0.0984 e. The van der Waals surface area contributed by atoms with Crippen molar-refractivity contribution < 1.29 is 5.11 Å². The first-order valence-corrected chi connectivity index (χ1v) is 5.54. The van der Waals surface area contributed by atoms with Gasteiger partial charge in [0, 0.05) is 12.3 Å². The van der Waals surface area contributed by atoms with Gasteiger partial charge in [0.1, 0.15) is 0 Å². The standard InChI is InChI=1S/C10H14ClN.C2H6O/c1-7-5-4-6-10(8(7)2)12-9(3)11;1-2-3/h4-6,9,12H,1-3H3;3H,2H2,1H3. The Hall–Kier alpha value is -0.730. The van der Waals surface area contributed by atoms with Gasteiger partial charge in [0.15, 0.2) is 0 Å². The highest BCUT2D eigenvalue weighted by atomic mass is 35.5. The highest BCUT2D eigenvalue weighted by Crippen LogP contribution is 2.19. The minimum Gasteiger partial charge on any atom is -0.397 e. The normalized spacial score (nSPS) is 11.3. The van der Waals surface area contributed by atoms with Crippen LogP contribution in [0.1, 0.15) is 25.0 Å². The predicted molar refractivity (Wildman–Crippen MR) is 67.6 cm³/mol. The second-order valence-corrected chi connectivity index (χ2v) is 3.98. The van der Waals surface area contributed by atoms with Gasteiger partial charge in [-0.3, -0.25) is 0 Å². The minimum atomic E-state index is -0.0227. The van der Waals surface area contributed by atoms with Crippen molar-refractivity contribution in [1.82, 2.24) is 0 Å². The van der Waals surface area contributed by atoms with Gasteiger partial charge >= 0.3 is 0 Å². The van der Waals surface area contributed by atoms with Gasteiger partial charge < -0.3 is 10.4 Å². The molecule has 2 N–H and O–H groups in total. The molecule has 15 heavy (non-hydrogen) atoms. The van der Waals surface area contributed by atoms with Crippen LogP contribution in [-0.2, 0) is 0 Å². The van der Waals surface area contributed by atoms with Crippen LogP contribution >= 0.6 is 11.6 Å². The molecule has 1 rings (SSSR count). The molecule has 0 aliphatic rings. The maximum atomic E-state index is 7.57. The van der Waals surface area contributed by atoms with E-state index in [4.69, 9.17) is 16.7 Å². The fourth-order valence-electron chi connectivity index (χ4n) is 1.12. The lowest BCUT2D eigenvalue weighted by molar-refractivity contribution is 0.318. The average molecular weight is 230 g/mol. The van der Waals surface area contributed by atoms with Crippen molar-refractivity contribution in [2.45, 2.75) is 33.2 Å². The summed E-state index contributed by atoms with van der Waals surface area (Å²) in [7, 11) is 0. The number of aliphatic hydroxyl groups excluding tert-OH is 1. The van der Waals surface area contributed by atoms with Crippen LogP contribution in [0.2, 0.25) is 0 Å². The molecule has 0 saturated heterocycles. The molecule has 3 heteroatoms. The number of anilines is 1. The number of aryl methyl sites for hydroxylation is 1. The van der Waals surface area contributed by atoms with Gasteiger partial charge in [-0.2, -0.15) is 0 Å². The summed E-state index contributed by atoms with van der Waals surface area (Å²) in [5.74, 6) is 0. The van der Waals surface area contributed by atoms with Crippen LogP contribution in [0, 0.1) is 13.8 Å². The van der Waals surface area contributed by atoms with Crippen molar-refractivity contribution in [1.29, 1.82) is 0 Å². The number of halogens is 1. The Balaban J connectivity index is 0.000000583. The number of aliphatic hydroxyl groups is 1. The van der Waals surface area contributed by atoms with E-state index in [0.717, 1.165) is 5.69 Å². The Labute approximate surface area is 97.3 Å². The van der Waals surface area contributed by atoms with Crippen LogP contribution in [0.4, 0.5) is 5.69 Å². The van der Waals surface area contributed by atoms with E-state index in [2.05, 4.69) is 25.2 Å². The molecular weight excluding hydrogens is 210 g/mol. The van der Waals surface area contributed by atoms with Gasteiger partial charge in [-0.25, -0.2) is 0 Å². The Kier molecular flexibility index (Phi) is 7.18. The fraction of sp³-hybridized carbons (Fsp3) is 0.500. The average Bonchev–Trinajstić information content (AvgIpc) is 2.13. The number of hydrogen-bond donors (Lipinski definition) is 2. The molecule has 0 spiro atoms. The summed E-state index contributed by atoms with van der Waals surface area (Å²) in [6.45, 7) is 8.04. The molecule has 0 bridgehead atoms. The molecule has 1 aromatic carbocycles. The molecular formula is C12H20ClNO. The van der Waals surface area contributed by atoms with Crippen LogP contribution in [0.25, 0.3) is 0 Å². The molecule has 86 valence electrons. The summed E-state index contributed by atoms with van der Waals surface area (Å²) in [4.78, 5) is 0. The smallest absolute Gasteiger partial charge is 0.0984 e. The Morgan fingerprint density at radius 1 is 1.40 bits per heavy atom. The molecule has 0 fully saturated rings. The lowest BCUT2D eigenvalue weighted by atomic mass is 10.1. The zero-order valence-corrected chi connectivity index (χ0v) is 10.6. The van der Waals surface area contributed by atoms with Gasteiger partial charge in [-0.1, -0.05) is 23.7 Å². The van der Waals surface area contributed by atoms with E-state index >= 15 is 0 Å². The first kappa shape index (κ1) is 14.3. The van der Waals surface area contributed by atoms with E-state index in [1.165, 1.54) is 11.1 Å². The van der Waals surface area contributed by atoms with E-state index in [0.29, 0.717) is 0 Å². The Morgan fingerprint density at radius 3 is 2.40 bits per heavy atom. The minimum absolute atomic E-state index is 0.0227. The number of alkyl halides is 1. The van der Waals surface area contributed by atoms with Crippen LogP contribution < -0.4 is 5.32 Å². The summed E-state index contributed by atoms with van der Waals surface area (Å²) in [6.07, 6.45) is 0. The largest absolute Gasteiger partial charge is 0.397 e. The van der Waals surface area contributed by atoms with Crippen molar-refractivity contribution in [2.75, 3.05) is 11.9 Å². The third-order valence-corrected chi connectivity index (χ3v) is 2.07. The zero-order chi connectivity index (χ0) is 11.8. The molecule has 2 nitrogen and oxygen atoms in total. The lowest BCUT2D eigenvalue weighted by Gasteiger charge is -2.12. The molecule has 1 aromatic rings. The van der Waals surface area contributed by atoms with Crippen LogP contribution in [0.15, 0.2) is 18.2 Å². The summed E-state index contributed by atoms with van der Waals surface area (Å²) in [5.41, 5.74) is 3.66. The molecule has 1 atom stereocenters. The predicted octanol–water partition coefficient (Wildman–Crippen LogP) is 3.30. The summed E-state index contributed by atoms with van der Waals surface area (Å²) in [6, 6.07) is 6.17. The molecule has 0 aliphatic carbocycles. The molecule has 0 radical (unpaired) electrons. The molecule has 0 heterocycles. The van der Waals surface area contributed by atoms with E-state index in [-0.39, 0.29) is 12.1 Å². The summed E-state index contributed by atoms with van der Waals surface area (Å²) >= 11 is 5.83. The first-order valence-electron chi connectivity index (χ1n) is 5.10. The van der Waals surface area contributed by atoms with Gasteiger partial charge in [-0.15, -0.1) is 0 Å². The maximum absolute atomic E-state index is 7.57. The van der Waals surface area contributed by atoms with E-state index in [1.54, 1.807) is 6.92 Å². The van der Waals surface area contributed by atoms with Crippen molar-refractivity contribution in [3.05, 3.63) is 29.3 Å². The van der Waals surface area contributed by atoms with Crippen molar-refractivity contribution in [3.8, 4) is 0 Å².